The van der Waals surface area contributed by atoms with Gasteiger partial charge in [-0.3, -0.25) is 9.69 Å². The molecule has 1 aliphatic rings. The van der Waals surface area contributed by atoms with Crippen molar-refractivity contribution in [3.05, 3.63) is 0 Å². The largest absolute Gasteiger partial charge is 0.358 e. The summed E-state index contributed by atoms with van der Waals surface area (Å²) in [6.07, 6.45) is 2.54. The normalized spacial score (nSPS) is 25.3. The van der Waals surface area contributed by atoms with Gasteiger partial charge < -0.3 is 5.32 Å². The van der Waals surface area contributed by atoms with Crippen LogP contribution in [0.4, 0.5) is 0 Å². The molecule has 1 fully saturated rings. The Labute approximate surface area is 74.1 Å². The second-order valence-corrected chi connectivity index (χ2v) is 3.66. The monoisotopic (exact) mass is 170 g/mol. The van der Waals surface area contributed by atoms with Crippen molar-refractivity contribution in [3.63, 3.8) is 0 Å². The molecule has 0 saturated carbocycles. The van der Waals surface area contributed by atoms with Crippen LogP contribution in [0.15, 0.2) is 0 Å². The number of hydrogen-bond acceptors (Lipinski definition) is 2. The van der Waals surface area contributed by atoms with Gasteiger partial charge in [0.05, 0.1) is 6.54 Å². The van der Waals surface area contributed by atoms with E-state index in [0.717, 1.165) is 19.0 Å². The Balaban J connectivity index is 2.27. The minimum atomic E-state index is 0.129. The summed E-state index contributed by atoms with van der Waals surface area (Å²) in [5.74, 6) is 0.882. The number of nitrogens with zero attached hydrogens (tertiary/aromatic N) is 1. The minimum Gasteiger partial charge on any atom is -0.358 e. The van der Waals surface area contributed by atoms with Crippen molar-refractivity contribution in [2.45, 2.75) is 19.8 Å². The summed E-state index contributed by atoms with van der Waals surface area (Å²) < 4.78 is 0. The van der Waals surface area contributed by atoms with Gasteiger partial charge in [-0.15, -0.1) is 0 Å². The lowest BCUT2D eigenvalue weighted by Gasteiger charge is -2.29. The summed E-state index contributed by atoms with van der Waals surface area (Å²) in [5, 5.41) is 2.65. The van der Waals surface area contributed by atoms with Crippen LogP contribution in [0.25, 0.3) is 0 Å². The number of hydrogen-bond donors (Lipinski definition) is 1. The zero-order valence-electron chi connectivity index (χ0n) is 7.97. The second-order valence-electron chi connectivity index (χ2n) is 3.66. The lowest BCUT2D eigenvalue weighted by atomic mass is 10.0. The van der Waals surface area contributed by atoms with Gasteiger partial charge in [0.2, 0.25) is 5.91 Å². The molecule has 1 unspecified atom stereocenters. The summed E-state index contributed by atoms with van der Waals surface area (Å²) >= 11 is 0. The van der Waals surface area contributed by atoms with E-state index in [-0.39, 0.29) is 5.91 Å². The maximum Gasteiger partial charge on any atom is 0.233 e. The Bertz CT molecular complexity index is 159. The van der Waals surface area contributed by atoms with Crippen LogP contribution in [-0.2, 0) is 4.79 Å². The van der Waals surface area contributed by atoms with Gasteiger partial charge in [-0.2, -0.15) is 0 Å². The summed E-state index contributed by atoms with van der Waals surface area (Å²) in [7, 11) is 1.69. The molecule has 1 N–H and O–H groups in total. The van der Waals surface area contributed by atoms with Crippen molar-refractivity contribution >= 4 is 5.91 Å². The van der Waals surface area contributed by atoms with Gasteiger partial charge in [0, 0.05) is 13.6 Å². The van der Waals surface area contributed by atoms with Gasteiger partial charge in [0.25, 0.3) is 0 Å². The van der Waals surface area contributed by atoms with Gasteiger partial charge in [-0.05, 0) is 25.3 Å². The smallest absolute Gasteiger partial charge is 0.233 e. The number of carbonyl (C=O) groups is 1. The summed E-state index contributed by atoms with van der Waals surface area (Å²) in [6, 6.07) is 0. The van der Waals surface area contributed by atoms with E-state index >= 15 is 0 Å². The standard InChI is InChI=1S/C9H18N2O/c1-8-4-3-5-11(6-8)7-9(12)10-2/h8H,3-7H2,1-2H3,(H,10,12). The Kier molecular flexibility index (Phi) is 3.53. The van der Waals surface area contributed by atoms with Crippen molar-refractivity contribution < 1.29 is 4.79 Å². The number of nitrogens with one attached hydrogen (secondary N) is 1. The predicted octanol–water partition coefficient (Wildman–Crippen LogP) is 0.464. The Morgan fingerprint density at radius 1 is 1.67 bits per heavy atom. The summed E-state index contributed by atoms with van der Waals surface area (Å²) in [5.41, 5.74) is 0. The zero-order chi connectivity index (χ0) is 8.97. The van der Waals surface area contributed by atoms with Gasteiger partial charge in [0.15, 0.2) is 0 Å². The quantitative estimate of drug-likeness (QED) is 0.653. The third-order valence-corrected chi connectivity index (χ3v) is 2.39. The molecule has 1 rings (SSSR count). The van der Waals surface area contributed by atoms with E-state index in [2.05, 4.69) is 17.1 Å². The van der Waals surface area contributed by atoms with Crippen molar-refractivity contribution in [1.82, 2.24) is 10.2 Å². The zero-order valence-corrected chi connectivity index (χ0v) is 7.97. The van der Waals surface area contributed by atoms with Gasteiger partial charge in [-0.1, -0.05) is 6.92 Å². The van der Waals surface area contributed by atoms with Crippen LogP contribution in [-0.4, -0.2) is 37.5 Å². The van der Waals surface area contributed by atoms with Crippen LogP contribution in [0.3, 0.4) is 0 Å². The molecule has 3 heteroatoms. The van der Waals surface area contributed by atoms with Crippen LogP contribution < -0.4 is 5.32 Å². The van der Waals surface area contributed by atoms with Gasteiger partial charge in [0.1, 0.15) is 0 Å². The maximum atomic E-state index is 11.0. The molecule has 0 aliphatic carbocycles. The van der Waals surface area contributed by atoms with E-state index in [1.54, 1.807) is 7.05 Å². The van der Waals surface area contributed by atoms with E-state index in [0.29, 0.717) is 6.54 Å². The fraction of sp³-hybridized carbons (Fsp3) is 0.889. The molecule has 1 aliphatic heterocycles. The number of likely N-dealkylation sites (N-methyl/N-ethyl adjacent to an activating group) is 1. The van der Waals surface area contributed by atoms with Gasteiger partial charge >= 0.3 is 0 Å². The molecule has 1 saturated heterocycles. The molecule has 0 spiro atoms. The van der Waals surface area contributed by atoms with Crippen LogP contribution in [0, 0.1) is 5.92 Å². The SMILES string of the molecule is CNC(=O)CN1CCCC(C)C1. The summed E-state index contributed by atoms with van der Waals surface area (Å²) in [6.45, 7) is 4.97. The first kappa shape index (κ1) is 9.52. The topological polar surface area (TPSA) is 32.3 Å². The van der Waals surface area contributed by atoms with Crippen molar-refractivity contribution in [2.75, 3.05) is 26.7 Å². The molecule has 1 atom stereocenters. The highest BCUT2D eigenvalue weighted by Crippen LogP contribution is 2.14. The molecule has 70 valence electrons. The van der Waals surface area contributed by atoms with Crippen molar-refractivity contribution in [3.8, 4) is 0 Å². The molecule has 0 bridgehead atoms. The van der Waals surface area contributed by atoms with Gasteiger partial charge in [-0.25, -0.2) is 0 Å². The first-order chi connectivity index (χ1) is 5.72. The third-order valence-electron chi connectivity index (χ3n) is 2.39. The molecule has 3 nitrogen and oxygen atoms in total. The molecular weight excluding hydrogens is 152 g/mol. The first-order valence-electron chi connectivity index (χ1n) is 4.65. The number of piperidine rings is 1. The van der Waals surface area contributed by atoms with Crippen LogP contribution >= 0.6 is 0 Å². The van der Waals surface area contributed by atoms with E-state index < -0.39 is 0 Å². The number of rotatable bonds is 2. The lowest BCUT2D eigenvalue weighted by Crippen LogP contribution is -2.41. The molecule has 12 heavy (non-hydrogen) atoms. The van der Waals surface area contributed by atoms with E-state index in [9.17, 15) is 4.79 Å². The Morgan fingerprint density at radius 2 is 2.42 bits per heavy atom. The highest BCUT2D eigenvalue weighted by atomic mass is 16.1. The molecule has 1 heterocycles. The highest BCUT2D eigenvalue weighted by Gasteiger charge is 2.17. The number of amides is 1. The predicted molar refractivity (Wildman–Crippen MR) is 48.9 cm³/mol. The lowest BCUT2D eigenvalue weighted by molar-refractivity contribution is -0.122. The Hall–Kier alpha value is -0.570. The minimum absolute atomic E-state index is 0.129. The molecule has 0 aromatic heterocycles. The summed E-state index contributed by atoms with van der Waals surface area (Å²) in [4.78, 5) is 13.3. The average Bonchev–Trinajstić information content (AvgIpc) is 2.04. The van der Waals surface area contributed by atoms with Crippen LogP contribution in [0.1, 0.15) is 19.8 Å². The molecule has 1 amide bonds. The second kappa shape index (κ2) is 4.45. The maximum absolute atomic E-state index is 11.0. The van der Waals surface area contributed by atoms with E-state index in [1.807, 2.05) is 0 Å². The molecule has 0 aromatic rings. The average molecular weight is 170 g/mol. The molecule has 0 radical (unpaired) electrons. The van der Waals surface area contributed by atoms with E-state index in [4.69, 9.17) is 0 Å². The first-order valence-corrected chi connectivity index (χ1v) is 4.65. The Morgan fingerprint density at radius 3 is 3.00 bits per heavy atom. The fourth-order valence-corrected chi connectivity index (χ4v) is 1.71. The van der Waals surface area contributed by atoms with Crippen molar-refractivity contribution in [1.29, 1.82) is 0 Å². The van der Waals surface area contributed by atoms with E-state index in [1.165, 1.54) is 12.8 Å². The molecule has 0 aromatic carbocycles. The van der Waals surface area contributed by atoms with Crippen molar-refractivity contribution in [2.24, 2.45) is 5.92 Å². The van der Waals surface area contributed by atoms with Crippen LogP contribution in [0.2, 0.25) is 0 Å². The van der Waals surface area contributed by atoms with Crippen LogP contribution in [0.5, 0.6) is 0 Å². The number of carbonyl (C=O) groups excluding carboxylic acids is 1. The fourth-order valence-electron chi connectivity index (χ4n) is 1.71. The molecular formula is C9H18N2O. The highest BCUT2D eigenvalue weighted by molar-refractivity contribution is 5.77. The third kappa shape index (κ3) is 2.81. The number of likely N-dealkylation sites (tertiary alicyclic amines) is 1.